The first-order valence-electron chi connectivity index (χ1n) is 8.06. The summed E-state index contributed by atoms with van der Waals surface area (Å²) in [5.41, 5.74) is 6.39. The minimum atomic E-state index is -1.04. The molecule has 6 heteroatoms. The number of rotatable bonds is 6. The van der Waals surface area contributed by atoms with E-state index >= 15 is 0 Å². The van der Waals surface area contributed by atoms with Gasteiger partial charge in [0.2, 0.25) is 0 Å². The summed E-state index contributed by atoms with van der Waals surface area (Å²) in [6, 6.07) is 6.06. The van der Waals surface area contributed by atoms with Gasteiger partial charge in [0.25, 0.3) is 0 Å². The van der Waals surface area contributed by atoms with Crippen molar-refractivity contribution in [3.8, 4) is 0 Å². The van der Waals surface area contributed by atoms with Gasteiger partial charge in [-0.15, -0.1) is 0 Å². The average Bonchev–Trinajstić information content (AvgIpc) is 2.42. The Labute approximate surface area is 143 Å². The highest BCUT2D eigenvalue weighted by Crippen LogP contribution is 2.20. The van der Waals surface area contributed by atoms with Crippen molar-refractivity contribution in [1.82, 2.24) is 4.90 Å². The predicted molar refractivity (Wildman–Crippen MR) is 93.5 cm³/mol. The molecule has 6 nitrogen and oxygen atoms in total. The third kappa shape index (κ3) is 6.48. The first-order valence-corrected chi connectivity index (χ1v) is 8.06. The van der Waals surface area contributed by atoms with Gasteiger partial charge in [0, 0.05) is 12.2 Å². The number of carbonyl (C=O) groups excluding carboxylic acids is 1. The van der Waals surface area contributed by atoms with E-state index in [0.717, 1.165) is 5.56 Å². The highest BCUT2D eigenvalue weighted by Gasteiger charge is 2.33. The minimum absolute atomic E-state index is 0.127. The first kappa shape index (κ1) is 19.8. The van der Waals surface area contributed by atoms with Crippen LogP contribution >= 0.6 is 0 Å². The Morgan fingerprint density at radius 2 is 1.75 bits per heavy atom. The van der Waals surface area contributed by atoms with Crippen molar-refractivity contribution in [2.75, 3.05) is 5.73 Å². The number of carboxylic acid groups (broad SMARTS) is 1. The maximum absolute atomic E-state index is 12.6. The maximum Gasteiger partial charge on any atom is 0.411 e. The number of aliphatic carboxylic acids is 1. The molecule has 0 aliphatic heterocycles. The molecule has 0 saturated carbocycles. The molecule has 1 amide bonds. The van der Waals surface area contributed by atoms with Crippen molar-refractivity contribution in [1.29, 1.82) is 0 Å². The molecule has 0 spiro atoms. The molecular weight excluding hydrogens is 308 g/mol. The number of hydrogen-bond donors (Lipinski definition) is 2. The summed E-state index contributed by atoms with van der Waals surface area (Å²) >= 11 is 0. The van der Waals surface area contributed by atoms with Crippen LogP contribution in [0, 0.1) is 5.92 Å². The van der Waals surface area contributed by atoms with Crippen LogP contribution < -0.4 is 5.73 Å². The Balaban J connectivity index is 3.10. The summed E-state index contributed by atoms with van der Waals surface area (Å²) in [5.74, 6) is -0.910. The summed E-state index contributed by atoms with van der Waals surface area (Å²) in [6.45, 7) is 9.26. The molecule has 1 aromatic carbocycles. The van der Waals surface area contributed by atoms with Crippen LogP contribution in [-0.4, -0.2) is 33.7 Å². The van der Waals surface area contributed by atoms with Crippen molar-refractivity contribution in [2.45, 2.75) is 59.2 Å². The van der Waals surface area contributed by atoms with E-state index in [4.69, 9.17) is 10.5 Å². The molecule has 0 saturated heterocycles. The zero-order chi connectivity index (χ0) is 18.5. The topological polar surface area (TPSA) is 92.9 Å². The van der Waals surface area contributed by atoms with Gasteiger partial charge in [0.1, 0.15) is 11.6 Å². The quantitative estimate of drug-likeness (QED) is 0.776. The van der Waals surface area contributed by atoms with Crippen molar-refractivity contribution in [2.24, 2.45) is 5.92 Å². The van der Waals surface area contributed by atoms with Crippen molar-refractivity contribution in [3.05, 3.63) is 29.8 Å². The van der Waals surface area contributed by atoms with Crippen molar-refractivity contribution < 1.29 is 19.4 Å². The molecule has 0 aliphatic carbocycles. The van der Waals surface area contributed by atoms with Crippen molar-refractivity contribution in [3.63, 3.8) is 0 Å². The third-order valence-electron chi connectivity index (χ3n) is 3.32. The van der Waals surface area contributed by atoms with Gasteiger partial charge in [-0.3, -0.25) is 4.90 Å². The normalized spacial score (nSPS) is 12.8. The number of hydrogen-bond acceptors (Lipinski definition) is 4. The molecule has 0 fully saturated rings. The van der Waals surface area contributed by atoms with Crippen LogP contribution in [0.4, 0.5) is 10.5 Å². The van der Waals surface area contributed by atoms with Gasteiger partial charge in [-0.25, -0.2) is 9.59 Å². The number of nitrogens with zero attached hydrogens (tertiary/aromatic N) is 1. The number of amides is 1. The average molecular weight is 336 g/mol. The van der Waals surface area contributed by atoms with Gasteiger partial charge in [-0.1, -0.05) is 26.0 Å². The monoisotopic (exact) mass is 336 g/mol. The number of carbonyl (C=O) groups is 2. The van der Waals surface area contributed by atoms with E-state index in [1.807, 2.05) is 13.8 Å². The van der Waals surface area contributed by atoms with Crippen LogP contribution in [0.2, 0.25) is 0 Å². The number of anilines is 1. The van der Waals surface area contributed by atoms with Gasteiger partial charge in [0.15, 0.2) is 0 Å². The molecule has 24 heavy (non-hydrogen) atoms. The first-order chi connectivity index (χ1) is 11.0. The largest absolute Gasteiger partial charge is 0.480 e. The highest BCUT2D eigenvalue weighted by molar-refractivity contribution is 5.80. The molecule has 0 heterocycles. The Morgan fingerprint density at radius 1 is 1.21 bits per heavy atom. The SMILES string of the molecule is CC(C)C[C@H](C(=O)O)N(Cc1ccc(N)cc1)C(=O)OC(C)(C)C. The van der Waals surface area contributed by atoms with Gasteiger partial charge < -0.3 is 15.6 Å². The molecule has 0 radical (unpaired) electrons. The molecule has 134 valence electrons. The van der Waals surface area contributed by atoms with Crippen LogP contribution in [0.1, 0.15) is 46.6 Å². The summed E-state index contributed by atoms with van der Waals surface area (Å²) in [7, 11) is 0. The van der Waals surface area contributed by atoms with Gasteiger partial charge in [-0.05, 0) is 50.8 Å². The van der Waals surface area contributed by atoms with E-state index in [1.54, 1.807) is 45.0 Å². The minimum Gasteiger partial charge on any atom is -0.480 e. The number of carboxylic acids is 1. The second-order valence-electron chi connectivity index (χ2n) is 7.33. The van der Waals surface area contributed by atoms with E-state index < -0.39 is 23.7 Å². The molecule has 0 aromatic heterocycles. The number of nitrogen functional groups attached to an aromatic ring is 1. The van der Waals surface area contributed by atoms with E-state index in [2.05, 4.69) is 0 Å². The van der Waals surface area contributed by atoms with Crippen LogP contribution in [0.15, 0.2) is 24.3 Å². The third-order valence-corrected chi connectivity index (χ3v) is 3.32. The second-order valence-corrected chi connectivity index (χ2v) is 7.33. The Bertz CT molecular complexity index is 561. The Morgan fingerprint density at radius 3 is 2.17 bits per heavy atom. The van der Waals surface area contributed by atoms with Crippen LogP contribution in [0.5, 0.6) is 0 Å². The Kier molecular flexibility index (Phi) is 6.63. The predicted octanol–water partition coefficient (Wildman–Crippen LogP) is 3.51. The lowest BCUT2D eigenvalue weighted by molar-refractivity contribution is -0.144. The fourth-order valence-corrected chi connectivity index (χ4v) is 2.25. The Hall–Kier alpha value is -2.24. The van der Waals surface area contributed by atoms with Crippen LogP contribution in [-0.2, 0) is 16.1 Å². The fourth-order valence-electron chi connectivity index (χ4n) is 2.25. The number of benzene rings is 1. The zero-order valence-corrected chi connectivity index (χ0v) is 15.1. The summed E-state index contributed by atoms with van der Waals surface area (Å²) in [4.78, 5) is 25.6. The molecular formula is C18H28N2O4. The zero-order valence-electron chi connectivity index (χ0n) is 15.1. The van der Waals surface area contributed by atoms with E-state index in [0.29, 0.717) is 12.1 Å². The summed E-state index contributed by atoms with van der Waals surface area (Å²) < 4.78 is 5.41. The van der Waals surface area contributed by atoms with Crippen LogP contribution in [0.3, 0.4) is 0 Å². The lowest BCUT2D eigenvalue weighted by Crippen LogP contribution is -2.47. The molecule has 1 aromatic rings. The van der Waals surface area contributed by atoms with Gasteiger partial charge in [-0.2, -0.15) is 0 Å². The van der Waals surface area contributed by atoms with E-state index in [9.17, 15) is 14.7 Å². The standard InChI is InChI=1S/C18H28N2O4/c1-12(2)10-15(16(21)22)20(17(23)24-18(3,4)5)11-13-6-8-14(19)9-7-13/h6-9,12,15H,10-11,19H2,1-5H3,(H,21,22)/t15-/m1/s1. The smallest absolute Gasteiger partial charge is 0.411 e. The molecule has 1 atom stereocenters. The number of ether oxygens (including phenoxy) is 1. The maximum atomic E-state index is 12.6. The van der Waals surface area contributed by atoms with E-state index in [1.165, 1.54) is 4.90 Å². The van der Waals surface area contributed by atoms with Gasteiger partial charge in [0.05, 0.1) is 0 Å². The van der Waals surface area contributed by atoms with E-state index in [-0.39, 0.29) is 12.5 Å². The highest BCUT2D eigenvalue weighted by atomic mass is 16.6. The molecule has 0 bridgehead atoms. The lowest BCUT2D eigenvalue weighted by Gasteiger charge is -2.32. The summed E-state index contributed by atoms with van der Waals surface area (Å²) in [6.07, 6.45) is -0.281. The van der Waals surface area contributed by atoms with Crippen molar-refractivity contribution >= 4 is 17.7 Å². The second kappa shape index (κ2) is 8.04. The lowest BCUT2D eigenvalue weighted by atomic mass is 10.0. The fraction of sp³-hybridized carbons (Fsp3) is 0.556. The number of nitrogens with two attached hydrogens (primary N) is 1. The molecule has 1 rings (SSSR count). The summed E-state index contributed by atoms with van der Waals surface area (Å²) in [5, 5.41) is 9.59. The van der Waals surface area contributed by atoms with Crippen LogP contribution in [0.25, 0.3) is 0 Å². The van der Waals surface area contributed by atoms with Gasteiger partial charge >= 0.3 is 12.1 Å². The molecule has 0 unspecified atom stereocenters. The molecule has 3 N–H and O–H groups in total. The molecule has 0 aliphatic rings.